The molecular weight excluding hydrogens is 415 g/mol. The molecule has 0 bridgehead atoms. The summed E-state index contributed by atoms with van der Waals surface area (Å²) in [6, 6.07) is 21.6. The Balaban J connectivity index is 1.54. The largest absolute Gasteiger partial charge is 0.489 e. The molecule has 0 aliphatic carbocycles. The first-order valence-electron chi connectivity index (χ1n) is 8.35. The van der Waals surface area contributed by atoms with Crippen molar-refractivity contribution in [2.24, 2.45) is 0 Å². The summed E-state index contributed by atoms with van der Waals surface area (Å²) >= 11 is 17.1. The van der Waals surface area contributed by atoms with Crippen LogP contribution in [0.1, 0.15) is 15.9 Å². The number of nitrogens with one attached hydrogen (secondary N) is 2. The topological polar surface area (TPSA) is 50.4 Å². The van der Waals surface area contributed by atoms with Crippen molar-refractivity contribution in [2.45, 2.75) is 6.61 Å². The zero-order valence-corrected chi connectivity index (χ0v) is 16.9. The molecule has 142 valence electrons. The average Bonchev–Trinajstić information content (AvgIpc) is 2.69. The third-order valence-electron chi connectivity index (χ3n) is 3.77. The van der Waals surface area contributed by atoms with Crippen LogP contribution in [0.4, 0.5) is 5.69 Å². The molecule has 0 fully saturated rings. The molecule has 0 aliphatic heterocycles. The van der Waals surface area contributed by atoms with E-state index in [1.54, 1.807) is 42.5 Å². The van der Waals surface area contributed by atoms with Crippen LogP contribution in [-0.2, 0) is 6.61 Å². The van der Waals surface area contributed by atoms with Gasteiger partial charge in [-0.2, -0.15) is 0 Å². The molecule has 0 aliphatic rings. The highest BCUT2D eigenvalue weighted by Gasteiger charge is 2.10. The number of rotatable bonds is 5. The number of thiocarbonyl (C=S) groups is 1. The highest BCUT2D eigenvalue weighted by molar-refractivity contribution is 7.80. The van der Waals surface area contributed by atoms with E-state index in [0.29, 0.717) is 33.7 Å². The SMILES string of the molecule is O=C(NC(=S)Nc1ccc(Cl)cc1Cl)c1ccc(OCc2ccccc2)cc1. The number of hydrogen-bond acceptors (Lipinski definition) is 3. The predicted octanol–water partition coefficient (Wildman–Crippen LogP) is 5.70. The van der Waals surface area contributed by atoms with E-state index in [1.807, 2.05) is 30.3 Å². The Morgan fingerprint density at radius 3 is 2.36 bits per heavy atom. The van der Waals surface area contributed by atoms with E-state index in [9.17, 15) is 4.79 Å². The number of hydrogen-bond donors (Lipinski definition) is 2. The number of benzene rings is 3. The van der Waals surface area contributed by atoms with Gasteiger partial charge in [-0.25, -0.2) is 0 Å². The summed E-state index contributed by atoms with van der Waals surface area (Å²) in [5, 5.41) is 6.54. The van der Waals surface area contributed by atoms with E-state index in [0.717, 1.165) is 5.56 Å². The molecule has 3 rings (SSSR count). The summed E-state index contributed by atoms with van der Waals surface area (Å²) in [4.78, 5) is 12.3. The number of carbonyl (C=O) groups is 1. The second kappa shape index (κ2) is 9.55. The molecule has 0 aromatic heterocycles. The Bertz CT molecular complexity index is 979. The maximum atomic E-state index is 12.3. The molecule has 0 radical (unpaired) electrons. The fraction of sp³-hybridized carbons (Fsp3) is 0.0476. The minimum atomic E-state index is -0.336. The molecule has 1 amide bonds. The number of anilines is 1. The third-order valence-corrected chi connectivity index (χ3v) is 4.52. The molecule has 28 heavy (non-hydrogen) atoms. The Hall–Kier alpha value is -2.60. The van der Waals surface area contributed by atoms with Crippen LogP contribution >= 0.6 is 35.4 Å². The molecule has 0 atom stereocenters. The van der Waals surface area contributed by atoms with Crippen molar-refractivity contribution >= 4 is 52.1 Å². The lowest BCUT2D eigenvalue weighted by Gasteiger charge is -2.11. The number of ether oxygens (including phenoxy) is 1. The lowest BCUT2D eigenvalue weighted by atomic mass is 10.2. The number of carbonyl (C=O) groups excluding carboxylic acids is 1. The number of halogens is 2. The van der Waals surface area contributed by atoms with Crippen LogP contribution in [-0.4, -0.2) is 11.0 Å². The second-order valence-electron chi connectivity index (χ2n) is 5.83. The van der Waals surface area contributed by atoms with E-state index < -0.39 is 0 Å². The van der Waals surface area contributed by atoms with Gasteiger partial charge in [0.2, 0.25) is 0 Å². The van der Waals surface area contributed by atoms with E-state index in [-0.39, 0.29) is 11.0 Å². The fourth-order valence-electron chi connectivity index (χ4n) is 2.36. The highest BCUT2D eigenvalue weighted by Crippen LogP contribution is 2.25. The molecule has 3 aromatic carbocycles. The highest BCUT2D eigenvalue weighted by atomic mass is 35.5. The third kappa shape index (κ3) is 5.70. The van der Waals surface area contributed by atoms with Crippen LogP contribution in [0.5, 0.6) is 5.75 Å². The van der Waals surface area contributed by atoms with E-state index in [2.05, 4.69) is 10.6 Å². The molecule has 0 heterocycles. The normalized spacial score (nSPS) is 10.2. The molecule has 4 nitrogen and oxygen atoms in total. The van der Waals surface area contributed by atoms with Gasteiger partial charge in [0.25, 0.3) is 5.91 Å². The summed E-state index contributed by atoms with van der Waals surface area (Å²) < 4.78 is 5.71. The number of amides is 1. The van der Waals surface area contributed by atoms with E-state index in [4.69, 9.17) is 40.2 Å². The van der Waals surface area contributed by atoms with Gasteiger partial charge in [-0.15, -0.1) is 0 Å². The monoisotopic (exact) mass is 430 g/mol. The summed E-state index contributed by atoms with van der Waals surface area (Å²) in [6.07, 6.45) is 0. The summed E-state index contributed by atoms with van der Waals surface area (Å²) in [5.74, 6) is 0.339. The van der Waals surface area contributed by atoms with Gasteiger partial charge in [0.05, 0.1) is 10.7 Å². The van der Waals surface area contributed by atoms with Crippen molar-refractivity contribution in [3.05, 3.63) is 94.0 Å². The van der Waals surface area contributed by atoms with Crippen molar-refractivity contribution in [3.8, 4) is 5.75 Å². The molecule has 0 saturated heterocycles. The van der Waals surface area contributed by atoms with Gasteiger partial charge in [0, 0.05) is 10.6 Å². The predicted molar refractivity (Wildman–Crippen MR) is 117 cm³/mol. The summed E-state index contributed by atoms with van der Waals surface area (Å²) in [6.45, 7) is 0.461. The first-order valence-corrected chi connectivity index (χ1v) is 9.52. The van der Waals surface area contributed by atoms with Crippen LogP contribution < -0.4 is 15.4 Å². The van der Waals surface area contributed by atoms with Gasteiger partial charge in [-0.1, -0.05) is 53.5 Å². The average molecular weight is 431 g/mol. The Kier molecular flexibility index (Phi) is 6.87. The molecular formula is C21H16Cl2N2O2S. The van der Waals surface area contributed by atoms with Crippen molar-refractivity contribution in [1.82, 2.24) is 5.32 Å². The van der Waals surface area contributed by atoms with Crippen molar-refractivity contribution in [3.63, 3.8) is 0 Å². The van der Waals surface area contributed by atoms with Crippen LogP contribution in [0.25, 0.3) is 0 Å². The first kappa shape index (κ1) is 20.1. The first-order chi connectivity index (χ1) is 13.5. The summed E-state index contributed by atoms with van der Waals surface area (Å²) in [5.41, 5.74) is 2.08. The zero-order chi connectivity index (χ0) is 19.9. The quantitative estimate of drug-likeness (QED) is 0.509. The van der Waals surface area contributed by atoms with Gasteiger partial charge < -0.3 is 10.1 Å². The smallest absolute Gasteiger partial charge is 0.257 e. The van der Waals surface area contributed by atoms with Gasteiger partial charge in [0.15, 0.2) is 5.11 Å². The fourth-order valence-corrected chi connectivity index (χ4v) is 3.02. The molecule has 0 unspecified atom stereocenters. The summed E-state index contributed by atoms with van der Waals surface area (Å²) in [7, 11) is 0. The molecule has 7 heteroatoms. The molecule has 0 spiro atoms. The zero-order valence-electron chi connectivity index (χ0n) is 14.6. The molecule has 2 N–H and O–H groups in total. The lowest BCUT2D eigenvalue weighted by molar-refractivity contribution is 0.0977. The lowest BCUT2D eigenvalue weighted by Crippen LogP contribution is -2.34. The Labute approximate surface area is 178 Å². The van der Waals surface area contributed by atoms with Gasteiger partial charge in [-0.05, 0) is 60.2 Å². The second-order valence-corrected chi connectivity index (χ2v) is 7.08. The Morgan fingerprint density at radius 1 is 0.964 bits per heavy atom. The van der Waals surface area contributed by atoms with Crippen LogP contribution in [0.3, 0.4) is 0 Å². The van der Waals surface area contributed by atoms with Gasteiger partial charge in [0.1, 0.15) is 12.4 Å². The van der Waals surface area contributed by atoms with Crippen LogP contribution in [0.15, 0.2) is 72.8 Å². The van der Waals surface area contributed by atoms with Gasteiger partial charge in [-0.3, -0.25) is 10.1 Å². The Morgan fingerprint density at radius 2 is 1.68 bits per heavy atom. The van der Waals surface area contributed by atoms with Crippen LogP contribution in [0, 0.1) is 0 Å². The van der Waals surface area contributed by atoms with Crippen molar-refractivity contribution in [2.75, 3.05) is 5.32 Å². The van der Waals surface area contributed by atoms with Crippen molar-refractivity contribution < 1.29 is 9.53 Å². The van der Waals surface area contributed by atoms with E-state index in [1.165, 1.54) is 0 Å². The maximum Gasteiger partial charge on any atom is 0.257 e. The minimum absolute atomic E-state index is 0.138. The molecule has 3 aromatic rings. The van der Waals surface area contributed by atoms with Crippen molar-refractivity contribution in [1.29, 1.82) is 0 Å². The minimum Gasteiger partial charge on any atom is -0.489 e. The van der Waals surface area contributed by atoms with Crippen LogP contribution in [0.2, 0.25) is 10.0 Å². The van der Waals surface area contributed by atoms with Gasteiger partial charge >= 0.3 is 0 Å². The maximum absolute atomic E-state index is 12.3. The standard InChI is InChI=1S/C21H16Cl2N2O2S/c22-16-8-11-19(18(23)12-16)24-21(28)25-20(26)15-6-9-17(10-7-15)27-13-14-4-2-1-3-5-14/h1-12H,13H2,(H2,24,25,26,28). The molecule has 0 saturated carbocycles. The van der Waals surface area contributed by atoms with E-state index >= 15 is 0 Å².